The Morgan fingerprint density at radius 1 is 1.35 bits per heavy atom. The van der Waals surface area contributed by atoms with E-state index in [1.54, 1.807) is 13.2 Å². The maximum atomic E-state index is 11.9. The molecule has 3 rings (SSSR count). The Morgan fingerprint density at radius 3 is 2.96 bits per heavy atom. The molecule has 1 amide bonds. The topological polar surface area (TPSA) is 83.3 Å². The molecular weight excluding hydrogens is 443 g/mol. The largest absolute Gasteiger partial charge is 0.356 e. The van der Waals surface area contributed by atoms with Crippen LogP contribution in [-0.2, 0) is 11.3 Å². The van der Waals surface area contributed by atoms with Gasteiger partial charge in [0.25, 0.3) is 0 Å². The zero-order valence-corrected chi connectivity index (χ0v) is 17.1. The molecule has 0 bridgehead atoms. The number of benzene rings is 1. The number of nitrogens with zero attached hydrogens (tertiary/aromatic N) is 3. The van der Waals surface area contributed by atoms with Gasteiger partial charge in [-0.2, -0.15) is 5.10 Å². The van der Waals surface area contributed by atoms with E-state index in [0.717, 1.165) is 31.2 Å². The van der Waals surface area contributed by atoms with Crippen molar-refractivity contribution < 1.29 is 4.79 Å². The number of para-hydroxylation sites is 1. The van der Waals surface area contributed by atoms with Crippen LogP contribution in [0.4, 0.5) is 5.69 Å². The van der Waals surface area contributed by atoms with Crippen LogP contribution in [0.3, 0.4) is 0 Å². The lowest BCUT2D eigenvalue weighted by molar-refractivity contribution is -0.116. The number of nitrogens with one attached hydrogen (secondary N) is 3. The summed E-state index contributed by atoms with van der Waals surface area (Å²) in [6, 6.07) is 9.88. The number of hydrogen-bond donors (Lipinski definition) is 3. The molecule has 0 aliphatic carbocycles. The molecular formula is C18H25IN6O. The van der Waals surface area contributed by atoms with Gasteiger partial charge in [-0.25, -0.2) is 0 Å². The molecule has 1 aliphatic rings. The second kappa shape index (κ2) is 10.1. The normalized spacial score (nSPS) is 16.3. The first-order valence-electron chi connectivity index (χ1n) is 8.57. The first-order chi connectivity index (χ1) is 12.3. The van der Waals surface area contributed by atoms with Crippen LogP contribution in [0.5, 0.6) is 0 Å². The molecule has 8 heteroatoms. The van der Waals surface area contributed by atoms with Crippen LogP contribution in [0.1, 0.15) is 24.3 Å². The predicted molar refractivity (Wildman–Crippen MR) is 114 cm³/mol. The van der Waals surface area contributed by atoms with Gasteiger partial charge in [-0.05, 0) is 24.1 Å². The summed E-state index contributed by atoms with van der Waals surface area (Å²) < 4.78 is 1.91. The van der Waals surface area contributed by atoms with Crippen molar-refractivity contribution in [3.63, 3.8) is 0 Å². The number of aryl methyl sites for hydroxylation is 1. The number of halogens is 1. The Balaban J connectivity index is 0.00000243. The number of carbonyl (C=O) groups is 1. The molecule has 1 unspecified atom stereocenters. The fourth-order valence-electron chi connectivity index (χ4n) is 3.01. The molecule has 3 N–H and O–H groups in total. The Morgan fingerprint density at radius 2 is 2.19 bits per heavy atom. The first kappa shape index (κ1) is 20.2. The monoisotopic (exact) mass is 468 g/mol. The van der Waals surface area contributed by atoms with Crippen LogP contribution in [-0.4, -0.2) is 41.8 Å². The lowest BCUT2D eigenvalue weighted by Gasteiger charge is -2.26. The van der Waals surface area contributed by atoms with Crippen LogP contribution in [0, 0.1) is 0 Å². The zero-order valence-electron chi connectivity index (χ0n) is 14.8. The molecule has 1 atom stereocenters. The van der Waals surface area contributed by atoms with E-state index >= 15 is 0 Å². The highest BCUT2D eigenvalue weighted by atomic mass is 127. The average molecular weight is 468 g/mol. The number of rotatable bonds is 6. The highest BCUT2D eigenvalue weighted by molar-refractivity contribution is 14.0. The van der Waals surface area contributed by atoms with Gasteiger partial charge in [-0.3, -0.25) is 14.5 Å². The number of aromatic nitrogens is 2. The number of aliphatic imine (C=N–C) groups is 1. The molecule has 0 radical (unpaired) electrons. The van der Waals surface area contributed by atoms with E-state index in [1.807, 2.05) is 35.1 Å². The van der Waals surface area contributed by atoms with Crippen LogP contribution in [0.25, 0.3) is 0 Å². The first-order valence-corrected chi connectivity index (χ1v) is 8.57. The van der Waals surface area contributed by atoms with E-state index < -0.39 is 0 Å². The van der Waals surface area contributed by atoms with Crippen molar-refractivity contribution in [3.05, 3.63) is 48.3 Å². The summed E-state index contributed by atoms with van der Waals surface area (Å²) in [6.07, 6.45) is 5.18. The lowest BCUT2D eigenvalue weighted by atomic mass is 9.90. The van der Waals surface area contributed by atoms with Crippen molar-refractivity contribution in [3.8, 4) is 0 Å². The number of carbonyl (C=O) groups excluding carboxylic acids is 1. The molecule has 1 aliphatic heterocycles. The van der Waals surface area contributed by atoms with E-state index in [2.05, 4.69) is 32.1 Å². The average Bonchev–Trinajstić information content (AvgIpc) is 3.14. The third kappa shape index (κ3) is 5.45. The maximum absolute atomic E-state index is 11.9. The Labute approximate surface area is 170 Å². The number of fused-ring (bicyclic) bond motifs is 1. The molecule has 26 heavy (non-hydrogen) atoms. The minimum absolute atomic E-state index is 0. The number of amides is 1. The van der Waals surface area contributed by atoms with E-state index in [9.17, 15) is 4.79 Å². The summed E-state index contributed by atoms with van der Waals surface area (Å²) in [6.45, 7) is 2.34. The summed E-state index contributed by atoms with van der Waals surface area (Å²) in [7, 11) is 1.75. The second-order valence-electron chi connectivity index (χ2n) is 6.04. The van der Waals surface area contributed by atoms with Gasteiger partial charge in [-0.1, -0.05) is 18.2 Å². The molecule has 140 valence electrons. The van der Waals surface area contributed by atoms with E-state index in [1.165, 1.54) is 5.56 Å². The van der Waals surface area contributed by atoms with Crippen LogP contribution < -0.4 is 16.0 Å². The fourth-order valence-corrected chi connectivity index (χ4v) is 3.01. The van der Waals surface area contributed by atoms with E-state index in [-0.39, 0.29) is 35.8 Å². The van der Waals surface area contributed by atoms with E-state index in [0.29, 0.717) is 13.0 Å². The van der Waals surface area contributed by atoms with Crippen LogP contribution in [0.2, 0.25) is 0 Å². The SMILES string of the molecule is CN=C(NCCCn1cccn1)NCC1CC(=O)Nc2ccccc21.I. The van der Waals surface area contributed by atoms with Crippen LogP contribution in [0.15, 0.2) is 47.7 Å². The van der Waals surface area contributed by atoms with Crippen molar-refractivity contribution in [1.82, 2.24) is 20.4 Å². The summed E-state index contributed by atoms with van der Waals surface area (Å²) >= 11 is 0. The van der Waals surface area contributed by atoms with Gasteiger partial charge in [-0.15, -0.1) is 24.0 Å². The van der Waals surface area contributed by atoms with Gasteiger partial charge in [0, 0.05) is 57.1 Å². The highest BCUT2D eigenvalue weighted by Crippen LogP contribution is 2.31. The Kier molecular flexibility index (Phi) is 7.89. The molecule has 1 aromatic carbocycles. The Hall–Kier alpha value is -2.10. The molecule has 2 heterocycles. The van der Waals surface area contributed by atoms with Gasteiger partial charge in [0.15, 0.2) is 5.96 Å². The van der Waals surface area contributed by atoms with Crippen molar-refractivity contribution in [2.24, 2.45) is 4.99 Å². The fraction of sp³-hybridized carbons (Fsp3) is 0.389. The van der Waals surface area contributed by atoms with Crippen molar-refractivity contribution in [2.75, 3.05) is 25.5 Å². The van der Waals surface area contributed by atoms with Crippen molar-refractivity contribution in [1.29, 1.82) is 0 Å². The predicted octanol–water partition coefficient (Wildman–Crippen LogP) is 2.18. The van der Waals surface area contributed by atoms with Crippen molar-refractivity contribution in [2.45, 2.75) is 25.3 Å². The van der Waals surface area contributed by atoms with Crippen LogP contribution >= 0.6 is 24.0 Å². The van der Waals surface area contributed by atoms with Gasteiger partial charge in [0.1, 0.15) is 0 Å². The van der Waals surface area contributed by atoms with E-state index in [4.69, 9.17) is 0 Å². The third-order valence-corrected chi connectivity index (χ3v) is 4.26. The zero-order chi connectivity index (χ0) is 17.5. The number of hydrogen-bond acceptors (Lipinski definition) is 3. The standard InChI is InChI=1S/C18H24N6O.HI/c1-19-18(20-8-4-10-24-11-5-9-22-24)21-13-14-12-17(25)23-16-7-3-2-6-15(14)16;/h2-3,5-7,9,11,14H,4,8,10,12-13H2,1H3,(H,23,25)(H2,19,20,21);1H. The molecule has 1 aromatic heterocycles. The van der Waals surface area contributed by atoms with Gasteiger partial charge in [0.2, 0.25) is 5.91 Å². The quantitative estimate of drug-likeness (QED) is 0.263. The van der Waals surface area contributed by atoms with Gasteiger partial charge < -0.3 is 16.0 Å². The lowest BCUT2D eigenvalue weighted by Crippen LogP contribution is -2.41. The molecule has 0 saturated carbocycles. The van der Waals surface area contributed by atoms with Gasteiger partial charge in [0.05, 0.1) is 0 Å². The molecule has 0 spiro atoms. The highest BCUT2D eigenvalue weighted by Gasteiger charge is 2.24. The number of anilines is 1. The molecule has 0 saturated heterocycles. The summed E-state index contributed by atoms with van der Waals surface area (Å²) in [5, 5.41) is 13.7. The third-order valence-electron chi connectivity index (χ3n) is 4.26. The summed E-state index contributed by atoms with van der Waals surface area (Å²) in [5.74, 6) is 0.962. The Bertz CT molecular complexity index is 731. The minimum atomic E-state index is 0. The van der Waals surface area contributed by atoms with Gasteiger partial charge >= 0.3 is 0 Å². The smallest absolute Gasteiger partial charge is 0.225 e. The second-order valence-corrected chi connectivity index (χ2v) is 6.04. The minimum Gasteiger partial charge on any atom is -0.356 e. The molecule has 7 nitrogen and oxygen atoms in total. The summed E-state index contributed by atoms with van der Waals surface area (Å²) in [5.41, 5.74) is 2.08. The van der Waals surface area contributed by atoms with Crippen molar-refractivity contribution >= 4 is 41.5 Å². The number of guanidine groups is 1. The summed E-state index contributed by atoms with van der Waals surface area (Å²) in [4.78, 5) is 16.1. The maximum Gasteiger partial charge on any atom is 0.225 e. The molecule has 2 aromatic rings. The molecule has 0 fully saturated rings.